The number of morpholine rings is 1. The number of anilines is 1. The lowest BCUT2D eigenvalue weighted by molar-refractivity contribution is -0.0172. The Morgan fingerprint density at radius 2 is 2.33 bits per heavy atom. The highest BCUT2D eigenvalue weighted by Crippen LogP contribution is 2.13. The van der Waals surface area contributed by atoms with E-state index in [1.165, 1.54) is 17.1 Å². The molecule has 1 saturated heterocycles. The van der Waals surface area contributed by atoms with Crippen LogP contribution in [0.2, 0.25) is 0 Å². The number of aromatic nitrogens is 2. The minimum Gasteiger partial charge on any atom is -0.472 e. The van der Waals surface area contributed by atoms with Gasteiger partial charge in [-0.05, 0) is 6.07 Å². The molecule has 1 fully saturated rings. The molecule has 0 aromatic carbocycles. The molecule has 1 aliphatic heterocycles. The molecule has 0 spiro atoms. The first-order chi connectivity index (χ1) is 11.6. The molecule has 1 atom stereocenters. The summed E-state index contributed by atoms with van der Waals surface area (Å²) in [5.74, 6) is 0.287. The molecule has 0 radical (unpaired) electrons. The molecular formula is C16H20N4O4. The van der Waals surface area contributed by atoms with Gasteiger partial charge in [0, 0.05) is 46.1 Å². The third-order valence-electron chi connectivity index (χ3n) is 4.03. The summed E-state index contributed by atoms with van der Waals surface area (Å²) in [5.41, 5.74) is 0.365. The molecule has 128 valence electrons. The molecule has 8 nitrogen and oxygen atoms in total. The van der Waals surface area contributed by atoms with E-state index in [0.717, 1.165) is 0 Å². The fraction of sp³-hybridized carbons (Fsp3) is 0.438. The van der Waals surface area contributed by atoms with Crippen LogP contribution < -0.4 is 10.5 Å². The lowest BCUT2D eigenvalue weighted by Crippen LogP contribution is -2.49. The molecule has 2 aromatic rings. The average Bonchev–Trinajstić information content (AvgIpc) is 3.11. The van der Waals surface area contributed by atoms with Gasteiger partial charge in [-0.2, -0.15) is 0 Å². The van der Waals surface area contributed by atoms with Gasteiger partial charge in [0.1, 0.15) is 6.26 Å². The molecule has 24 heavy (non-hydrogen) atoms. The van der Waals surface area contributed by atoms with Gasteiger partial charge in [0.25, 0.3) is 11.5 Å². The summed E-state index contributed by atoms with van der Waals surface area (Å²) in [5, 5.41) is 0. The zero-order chi connectivity index (χ0) is 17.1. The van der Waals surface area contributed by atoms with Crippen molar-refractivity contribution in [1.82, 2.24) is 14.5 Å². The minimum atomic E-state index is -0.189. The molecule has 2 aromatic heterocycles. The fourth-order valence-corrected chi connectivity index (χ4v) is 2.72. The van der Waals surface area contributed by atoms with Gasteiger partial charge < -0.3 is 23.5 Å². The van der Waals surface area contributed by atoms with Crippen molar-refractivity contribution >= 4 is 11.7 Å². The van der Waals surface area contributed by atoms with Crippen molar-refractivity contribution in [1.29, 1.82) is 0 Å². The molecule has 0 saturated carbocycles. The number of carbonyl (C=O) groups is 1. The van der Waals surface area contributed by atoms with E-state index in [-0.39, 0.29) is 17.6 Å². The van der Waals surface area contributed by atoms with Crippen molar-refractivity contribution in [3.8, 4) is 0 Å². The summed E-state index contributed by atoms with van der Waals surface area (Å²) in [4.78, 5) is 32.2. The summed E-state index contributed by atoms with van der Waals surface area (Å²) in [6.07, 6.45) is 5.93. The predicted octanol–water partition coefficient (Wildman–Crippen LogP) is 0.351. The Bertz CT molecular complexity index is 756. The summed E-state index contributed by atoms with van der Waals surface area (Å²) in [7, 11) is 3.48. The molecule has 8 heteroatoms. The van der Waals surface area contributed by atoms with Crippen molar-refractivity contribution in [3.63, 3.8) is 0 Å². The highest BCUT2D eigenvalue weighted by molar-refractivity contribution is 5.93. The Hall–Kier alpha value is -2.61. The van der Waals surface area contributed by atoms with Crippen LogP contribution in [0, 0.1) is 0 Å². The first-order valence-electron chi connectivity index (χ1n) is 7.72. The standard InChI is InChI=1S/C16H20N4O4/c1-18-5-4-17-14(16(18)22)19(2)9-13-10-20(6-8-24-13)15(21)12-3-7-23-11-12/h3-5,7,11,13H,6,8-10H2,1-2H3/t13-/m0/s1. The number of carbonyl (C=O) groups excluding carboxylic acids is 1. The molecule has 1 amide bonds. The van der Waals surface area contributed by atoms with Gasteiger partial charge in [-0.25, -0.2) is 4.98 Å². The number of nitrogens with zero attached hydrogens (tertiary/aromatic N) is 4. The second-order valence-corrected chi connectivity index (χ2v) is 5.80. The van der Waals surface area contributed by atoms with Gasteiger partial charge in [0.05, 0.1) is 24.5 Å². The largest absolute Gasteiger partial charge is 0.472 e. The van der Waals surface area contributed by atoms with E-state index in [9.17, 15) is 9.59 Å². The average molecular weight is 332 g/mol. The predicted molar refractivity (Wildman–Crippen MR) is 87.1 cm³/mol. The molecule has 0 unspecified atom stereocenters. The molecule has 3 heterocycles. The van der Waals surface area contributed by atoms with E-state index >= 15 is 0 Å². The van der Waals surface area contributed by atoms with Crippen LogP contribution in [0.15, 0.2) is 40.2 Å². The van der Waals surface area contributed by atoms with Crippen LogP contribution in [0.25, 0.3) is 0 Å². The van der Waals surface area contributed by atoms with Crippen LogP contribution in [0.1, 0.15) is 10.4 Å². The third-order valence-corrected chi connectivity index (χ3v) is 4.03. The summed E-state index contributed by atoms with van der Waals surface area (Å²) < 4.78 is 12.2. The SMILES string of the molecule is CN(C[C@H]1CN(C(=O)c2ccoc2)CCO1)c1nccn(C)c1=O. The smallest absolute Gasteiger partial charge is 0.293 e. The van der Waals surface area contributed by atoms with Gasteiger partial charge in [-0.3, -0.25) is 9.59 Å². The second kappa shape index (κ2) is 6.88. The Labute approximate surface area is 139 Å². The van der Waals surface area contributed by atoms with Gasteiger partial charge in [-0.1, -0.05) is 0 Å². The third kappa shape index (κ3) is 3.33. The molecule has 0 bridgehead atoms. The van der Waals surface area contributed by atoms with Crippen molar-refractivity contribution in [2.75, 3.05) is 38.2 Å². The number of hydrogen-bond donors (Lipinski definition) is 0. The van der Waals surface area contributed by atoms with E-state index < -0.39 is 0 Å². The lowest BCUT2D eigenvalue weighted by atomic mass is 10.2. The lowest BCUT2D eigenvalue weighted by Gasteiger charge is -2.34. The number of aryl methyl sites for hydroxylation is 1. The summed E-state index contributed by atoms with van der Waals surface area (Å²) >= 11 is 0. The quantitative estimate of drug-likeness (QED) is 0.804. The van der Waals surface area contributed by atoms with E-state index in [0.29, 0.717) is 37.6 Å². The second-order valence-electron chi connectivity index (χ2n) is 5.80. The Morgan fingerprint density at radius 1 is 1.50 bits per heavy atom. The van der Waals surface area contributed by atoms with Crippen molar-refractivity contribution in [2.45, 2.75) is 6.10 Å². The molecule has 3 rings (SSSR count). The van der Waals surface area contributed by atoms with E-state index in [1.807, 2.05) is 0 Å². The van der Waals surface area contributed by atoms with Crippen LogP contribution in [-0.2, 0) is 11.8 Å². The number of furan rings is 1. The highest BCUT2D eigenvalue weighted by atomic mass is 16.5. The maximum Gasteiger partial charge on any atom is 0.293 e. The number of rotatable bonds is 4. The van der Waals surface area contributed by atoms with Gasteiger partial charge in [-0.15, -0.1) is 0 Å². The monoisotopic (exact) mass is 332 g/mol. The van der Waals surface area contributed by atoms with Crippen molar-refractivity contribution < 1.29 is 13.9 Å². The molecule has 1 aliphatic rings. The number of hydrogen-bond acceptors (Lipinski definition) is 6. The van der Waals surface area contributed by atoms with E-state index in [2.05, 4.69) is 4.98 Å². The van der Waals surface area contributed by atoms with E-state index in [1.54, 1.807) is 42.4 Å². The summed E-state index contributed by atoms with van der Waals surface area (Å²) in [6.45, 7) is 1.93. The zero-order valence-electron chi connectivity index (χ0n) is 13.7. The van der Waals surface area contributed by atoms with Gasteiger partial charge in [0.15, 0.2) is 5.82 Å². The summed E-state index contributed by atoms with van der Waals surface area (Å²) in [6, 6.07) is 1.65. The first kappa shape index (κ1) is 16.3. The Morgan fingerprint density at radius 3 is 3.08 bits per heavy atom. The van der Waals surface area contributed by atoms with E-state index in [4.69, 9.17) is 9.15 Å². The Balaban J connectivity index is 1.66. The minimum absolute atomic E-state index is 0.0755. The van der Waals surface area contributed by atoms with Gasteiger partial charge >= 0.3 is 0 Å². The zero-order valence-corrected chi connectivity index (χ0v) is 13.7. The Kier molecular flexibility index (Phi) is 4.66. The topological polar surface area (TPSA) is 80.8 Å². The first-order valence-corrected chi connectivity index (χ1v) is 7.72. The number of amides is 1. The van der Waals surface area contributed by atoms with Crippen LogP contribution >= 0.6 is 0 Å². The molecular weight excluding hydrogens is 312 g/mol. The van der Waals surface area contributed by atoms with Crippen LogP contribution in [0.4, 0.5) is 5.82 Å². The fourth-order valence-electron chi connectivity index (χ4n) is 2.72. The van der Waals surface area contributed by atoms with Crippen LogP contribution in [0.3, 0.4) is 0 Å². The number of likely N-dealkylation sites (N-methyl/N-ethyl adjacent to an activating group) is 1. The number of ether oxygens (including phenoxy) is 1. The van der Waals surface area contributed by atoms with Gasteiger partial charge in [0.2, 0.25) is 0 Å². The highest BCUT2D eigenvalue weighted by Gasteiger charge is 2.27. The molecule has 0 N–H and O–H groups in total. The molecule has 0 aliphatic carbocycles. The maximum atomic E-state index is 12.4. The maximum absolute atomic E-state index is 12.4. The van der Waals surface area contributed by atoms with Crippen molar-refractivity contribution in [3.05, 3.63) is 46.9 Å². The normalized spacial score (nSPS) is 17.8. The van der Waals surface area contributed by atoms with Crippen LogP contribution in [0.5, 0.6) is 0 Å². The van der Waals surface area contributed by atoms with Crippen LogP contribution in [-0.4, -0.2) is 59.8 Å². The van der Waals surface area contributed by atoms with Crippen molar-refractivity contribution in [2.24, 2.45) is 7.05 Å².